The third kappa shape index (κ3) is 4.86. The van der Waals surface area contributed by atoms with E-state index < -0.39 is 6.10 Å². The Hall–Kier alpha value is -1.28. The van der Waals surface area contributed by atoms with Crippen LogP contribution in [0.25, 0.3) is 0 Å². The first kappa shape index (κ1) is 17.5. The van der Waals surface area contributed by atoms with Crippen molar-refractivity contribution in [1.82, 2.24) is 15.1 Å². The van der Waals surface area contributed by atoms with E-state index in [4.69, 9.17) is 4.74 Å². The van der Waals surface area contributed by atoms with Gasteiger partial charge in [0.25, 0.3) is 0 Å². The van der Waals surface area contributed by atoms with E-state index in [1.54, 1.807) is 11.8 Å². The number of β-amino-alcohol motifs (C(OH)–C–C–N with tert-alkyl or cyclic N) is 1. The Morgan fingerprint density at radius 1 is 1.29 bits per heavy atom. The molecule has 2 fully saturated rings. The average Bonchev–Trinajstić information content (AvgIpc) is 3.16. The summed E-state index contributed by atoms with van der Waals surface area (Å²) < 4.78 is 5.58. The van der Waals surface area contributed by atoms with Crippen LogP contribution in [0.1, 0.15) is 0 Å². The average molecular weight is 351 g/mol. The number of carbonyl (C=O) groups excluding carboxylic acids is 1. The van der Waals surface area contributed by atoms with Crippen molar-refractivity contribution in [3.63, 3.8) is 0 Å². The van der Waals surface area contributed by atoms with E-state index in [0.717, 1.165) is 43.6 Å². The second kappa shape index (κ2) is 8.71. The van der Waals surface area contributed by atoms with Gasteiger partial charge in [-0.25, -0.2) is 0 Å². The monoisotopic (exact) mass is 351 g/mol. The summed E-state index contributed by atoms with van der Waals surface area (Å²) in [5, 5.41) is 13.4. The molecule has 0 aromatic heterocycles. The van der Waals surface area contributed by atoms with Gasteiger partial charge in [-0.05, 0) is 12.1 Å². The molecule has 0 aliphatic carbocycles. The quantitative estimate of drug-likeness (QED) is 0.765. The summed E-state index contributed by atoms with van der Waals surface area (Å²) in [6.07, 6.45) is -0.527. The number of thioether (sulfide) groups is 1. The normalized spacial score (nSPS) is 23.2. The van der Waals surface area contributed by atoms with Crippen LogP contribution in [0.15, 0.2) is 30.3 Å². The second-order valence-corrected chi connectivity index (χ2v) is 7.21. The maximum absolute atomic E-state index is 12.4. The number of aliphatic hydroxyl groups excluding tert-OH is 1. The number of hydrogen-bond donors (Lipinski definition) is 2. The Kier molecular flexibility index (Phi) is 6.37. The molecule has 1 aromatic carbocycles. The number of nitrogens with one attached hydrogen (secondary N) is 1. The van der Waals surface area contributed by atoms with Gasteiger partial charge in [-0.3, -0.25) is 15.0 Å². The van der Waals surface area contributed by atoms with Crippen LogP contribution in [0.3, 0.4) is 0 Å². The predicted octanol–water partition coefficient (Wildman–Crippen LogP) is 0.233. The van der Waals surface area contributed by atoms with Crippen LogP contribution < -0.4 is 10.1 Å². The van der Waals surface area contributed by atoms with Crippen LogP contribution in [0.5, 0.6) is 5.75 Å². The number of hydrogen-bond acceptors (Lipinski definition) is 6. The molecule has 2 unspecified atom stereocenters. The van der Waals surface area contributed by atoms with Crippen molar-refractivity contribution in [3.05, 3.63) is 30.3 Å². The Morgan fingerprint density at radius 3 is 2.71 bits per heavy atom. The second-order valence-electron chi connectivity index (χ2n) is 6.18. The number of amides is 1. The van der Waals surface area contributed by atoms with E-state index >= 15 is 0 Å². The van der Waals surface area contributed by atoms with Crippen LogP contribution >= 0.6 is 11.8 Å². The van der Waals surface area contributed by atoms with E-state index in [1.807, 2.05) is 35.2 Å². The summed E-state index contributed by atoms with van der Waals surface area (Å²) in [5.74, 6) is 2.72. The Bertz CT molecular complexity index is 517. The molecule has 2 aliphatic rings. The molecule has 2 saturated heterocycles. The maximum Gasteiger partial charge on any atom is 0.240 e. The first-order valence-corrected chi connectivity index (χ1v) is 9.56. The standard InChI is InChI=1S/C17H25N3O3S/c21-14(11-23-15-4-2-1-3-5-15)10-19-6-8-20(9-7-19)17(22)16-12-24-13-18-16/h1-5,14,16,18,21H,6-13H2. The summed E-state index contributed by atoms with van der Waals surface area (Å²) in [5.41, 5.74) is 0. The maximum atomic E-state index is 12.4. The van der Waals surface area contributed by atoms with Gasteiger partial charge in [0.15, 0.2) is 0 Å². The van der Waals surface area contributed by atoms with Gasteiger partial charge in [-0.1, -0.05) is 18.2 Å². The Balaban J connectivity index is 1.36. The van der Waals surface area contributed by atoms with Crippen LogP contribution in [0.2, 0.25) is 0 Å². The summed E-state index contributed by atoms with van der Waals surface area (Å²) >= 11 is 1.77. The number of carbonyl (C=O) groups is 1. The van der Waals surface area contributed by atoms with Gasteiger partial charge in [0, 0.05) is 44.4 Å². The molecule has 0 saturated carbocycles. The third-order valence-corrected chi connectivity index (χ3v) is 5.29. The van der Waals surface area contributed by atoms with Gasteiger partial charge >= 0.3 is 0 Å². The van der Waals surface area contributed by atoms with E-state index in [1.165, 1.54) is 0 Å². The van der Waals surface area contributed by atoms with Crippen molar-refractivity contribution in [2.24, 2.45) is 0 Å². The Labute approximate surface area is 147 Å². The summed E-state index contributed by atoms with van der Waals surface area (Å²) in [7, 11) is 0. The van der Waals surface area contributed by atoms with Crippen LogP contribution in [-0.4, -0.2) is 83.9 Å². The number of nitrogens with zero attached hydrogens (tertiary/aromatic N) is 2. The molecular weight excluding hydrogens is 326 g/mol. The summed E-state index contributed by atoms with van der Waals surface area (Å²) in [6, 6.07) is 9.50. The molecule has 24 heavy (non-hydrogen) atoms. The van der Waals surface area contributed by atoms with Crippen molar-refractivity contribution >= 4 is 17.7 Å². The third-order valence-electron chi connectivity index (χ3n) is 4.35. The Morgan fingerprint density at radius 2 is 2.04 bits per heavy atom. The zero-order chi connectivity index (χ0) is 16.8. The zero-order valence-electron chi connectivity index (χ0n) is 13.8. The van der Waals surface area contributed by atoms with Gasteiger partial charge in [-0.2, -0.15) is 0 Å². The number of benzene rings is 1. The van der Waals surface area contributed by atoms with E-state index in [-0.39, 0.29) is 18.6 Å². The largest absolute Gasteiger partial charge is 0.491 e. The molecule has 0 radical (unpaired) electrons. The van der Waals surface area contributed by atoms with Crippen molar-refractivity contribution in [3.8, 4) is 5.75 Å². The van der Waals surface area contributed by atoms with E-state index in [9.17, 15) is 9.90 Å². The summed E-state index contributed by atoms with van der Waals surface area (Å²) in [4.78, 5) is 16.5. The lowest BCUT2D eigenvalue weighted by Gasteiger charge is -2.36. The molecule has 7 heteroatoms. The van der Waals surface area contributed by atoms with Gasteiger partial charge < -0.3 is 14.7 Å². The van der Waals surface area contributed by atoms with Gasteiger partial charge in [0.1, 0.15) is 18.5 Å². The highest BCUT2D eigenvalue weighted by atomic mass is 32.2. The molecule has 1 amide bonds. The molecule has 2 heterocycles. The highest BCUT2D eigenvalue weighted by Crippen LogP contribution is 2.14. The van der Waals surface area contributed by atoms with Crippen molar-refractivity contribution in [2.45, 2.75) is 12.1 Å². The molecule has 3 rings (SSSR count). The van der Waals surface area contributed by atoms with Gasteiger partial charge in [0.05, 0.1) is 6.04 Å². The minimum absolute atomic E-state index is 0.0218. The smallest absolute Gasteiger partial charge is 0.240 e. The van der Waals surface area contributed by atoms with Crippen LogP contribution in [0, 0.1) is 0 Å². The molecule has 2 atom stereocenters. The van der Waals surface area contributed by atoms with E-state index in [0.29, 0.717) is 6.54 Å². The molecule has 132 valence electrons. The fraction of sp³-hybridized carbons (Fsp3) is 0.588. The fourth-order valence-electron chi connectivity index (χ4n) is 2.98. The molecule has 0 spiro atoms. The van der Waals surface area contributed by atoms with Gasteiger partial charge in [-0.15, -0.1) is 11.8 Å². The molecule has 6 nitrogen and oxygen atoms in total. The first-order valence-electron chi connectivity index (χ1n) is 8.40. The molecule has 1 aromatic rings. The highest BCUT2D eigenvalue weighted by Gasteiger charge is 2.29. The first-order chi connectivity index (χ1) is 11.7. The van der Waals surface area contributed by atoms with Crippen molar-refractivity contribution in [1.29, 1.82) is 0 Å². The topological polar surface area (TPSA) is 65.0 Å². The van der Waals surface area contributed by atoms with E-state index in [2.05, 4.69) is 10.2 Å². The number of aliphatic hydroxyl groups is 1. The number of piperazine rings is 1. The number of ether oxygens (including phenoxy) is 1. The minimum atomic E-state index is -0.527. The molecule has 0 bridgehead atoms. The number of para-hydroxylation sites is 1. The minimum Gasteiger partial charge on any atom is -0.491 e. The van der Waals surface area contributed by atoms with Crippen LogP contribution in [0.4, 0.5) is 0 Å². The van der Waals surface area contributed by atoms with Gasteiger partial charge in [0.2, 0.25) is 5.91 Å². The molecule has 2 aliphatic heterocycles. The summed E-state index contributed by atoms with van der Waals surface area (Å²) in [6.45, 7) is 3.92. The SMILES string of the molecule is O=C(C1CSCN1)N1CCN(CC(O)COc2ccccc2)CC1. The van der Waals surface area contributed by atoms with Crippen molar-refractivity contribution < 1.29 is 14.6 Å². The number of rotatable bonds is 6. The lowest BCUT2D eigenvalue weighted by atomic mass is 10.2. The predicted molar refractivity (Wildman–Crippen MR) is 95.2 cm³/mol. The fourth-order valence-corrected chi connectivity index (χ4v) is 3.92. The molecular formula is C17H25N3O3S. The lowest BCUT2D eigenvalue weighted by molar-refractivity contribution is -0.134. The van der Waals surface area contributed by atoms with Crippen LogP contribution in [-0.2, 0) is 4.79 Å². The zero-order valence-corrected chi connectivity index (χ0v) is 14.6. The highest BCUT2D eigenvalue weighted by molar-refractivity contribution is 7.99. The molecule has 2 N–H and O–H groups in total. The van der Waals surface area contributed by atoms with Crippen molar-refractivity contribution in [2.75, 3.05) is 51.0 Å². The lowest BCUT2D eigenvalue weighted by Crippen LogP contribution is -2.54.